The lowest BCUT2D eigenvalue weighted by Crippen LogP contribution is -1.85. The lowest BCUT2D eigenvalue weighted by molar-refractivity contribution is 0.414. The molecule has 0 unspecified atom stereocenters. The summed E-state index contributed by atoms with van der Waals surface area (Å²) in [6.07, 6.45) is 4.60. The fourth-order valence-corrected chi connectivity index (χ4v) is 2.93. The van der Waals surface area contributed by atoms with Gasteiger partial charge in [0.05, 0.1) is 7.11 Å². The van der Waals surface area contributed by atoms with E-state index in [0.717, 1.165) is 11.7 Å². The third-order valence-corrected chi connectivity index (χ3v) is 4.26. The minimum atomic E-state index is 0.654. The first-order valence-corrected chi connectivity index (χ1v) is 7.17. The van der Waals surface area contributed by atoms with E-state index in [0.29, 0.717) is 11.8 Å². The molecule has 0 bridgehead atoms. The van der Waals surface area contributed by atoms with Crippen molar-refractivity contribution in [3.63, 3.8) is 0 Å². The van der Waals surface area contributed by atoms with Crippen molar-refractivity contribution in [3.05, 3.63) is 71.8 Å². The van der Waals surface area contributed by atoms with Crippen molar-refractivity contribution < 1.29 is 4.74 Å². The molecular formula is C19H20O. The van der Waals surface area contributed by atoms with Crippen molar-refractivity contribution in [2.45, 2.75) is 12.8 Å². The Bertz CT molecular complexity index is 583. The van der Waals surface area contributed by atoms with Gasteiger partial charge in [-0.1, -0.05) is 61.5 Å². The molecule has 1 aliphatic carbocycles. The molecule has 3 rings (SSSR count). The fourth-order valence-electron chi connectivity index (χ4n) is 2.93. The number of allylic oxidation sites excluding steroid dienone is 1. The zero-order chi connectivity index (χ0) is 13.9. The van der Waals surface area contributed by atoms with Crippen LogP contribution < -0.4 is 4.74 Å². The van der Waals surface area contributed by atoms with Crippen LogP contribution in [0.5, 0.6) is 5.75 Å². The molecule has 1 fully saturated rings. The highest BCUT2D eigenvalue weighted by Gasteiger charge is 2.45. The zero-order valence-corrected chi connectivity index (χ0v) is 12.0. The highest BCUT2D eigenvalue weighted by atomic mass is 16.5. The maximum absolute atomic E-state index is 5.21. The van der Waals surface area contributed by atoms with E-state index in [4.69, 9.17) is 4.74 Å². The first-order chi connectivity index (χ1) is 9.79. The molecular weight excluding hydrogens is 244 g/mol. The minimum Gasteiger partial charge on any atom is -0.497 e. The summed E-state index contributed by atoms with van der Waals surface area (Å²) in [5.41, 5.74) is 2.70. The summed E-state index contributed by atoms with van der Waals surface area (Å²) in [6.45, 7) is 2.33. The second kappa shape index (κ2) is 5.54. The van der Waals surface area contributed by atoms with Gasteiger partial charge in [-0.2, -0.15) is 0 Å². The Hall–Kier alpha value is -2.02. The SMILES string of the molecule is COc1ccc([C@@H]2[C@@H](C)[C@@H]2/C=C/c2ccccc2)cc1. The molecule has 0 spiro atoms. The number of ether oxygens (including phenoxy) is 1. The van der Waals surface area contributed by atoms with E-state index in [9.17, 15) is 0 Å². The molecule has 1 aliphatic rings. The molecule has 0 saturated heterocycles. The summed E-state index contributed by atoms with van der Waals surface area (Å²) in [5, 5.41) is 0. The molecule has 20 heavy (non-hydrogen) atoms. The van der Waals surface area contributed by atoms with Gasteiger partial charge in [0, 0.05) is 0 Å². The Labute approximate surface area is 120 Å². The smallest absolute Gasteiger partial charge is 0.118 e. The molecule has 1 nitrogen and oxygen atoms in total. The molecule has 102 valence electrons. The predicted molar refractivity (Wildman–Crippen MR) is 83.9 cm³/mol. The Morgan fingerprint density at radius 3 is 2.30 bits per heavy atom. The summed E-state index contributed by atoms with van der Waals surface area (Å²) in [5.74, 6) is 2.96. The third-order valence-electron chi connectivity index (χ3n) is 4.26. The van der Waals surface area contributed by atoms with Crippen LogP contribution in [-0.4, -0.2) is 7.11 Å². The molecule has 1 saturated carbocycles. The van der Waals surface area contributed by atoms with Gasteiger partial charge < -0.3 is 4.74 Å². The lowest BCUT2D eigenvalue weighted by atomic mass is 10.1. The van der Waals surface area contributed by atoms with Crippen LogP contribution in [0.25, 0.3) is 6.08 Å². The number of hydrogen-bond donors (Lipinski definition) is 0. The lowest BCUT2D eigenvalue weighted by Gasteiger charge is -2.02. The molecule has 3 atom stereocenters. The second-order valence-corrected chi connectivity index (χ2v) is 5.51. The molecule has 1 heteroatoms. The number of hydrogen-bond acceptors (Lipinski definition) is 1. The zero-order valence-electron chi connectivity index (χ0n) is 12.0. The standard InChI is InChI=1S/C19H20O/c1-14-18(13-8-15-6-4-3-5-7-15)19(14)16-9-11-17(20-2)12-10-16/h3-14,18-19H,1-2H3/b13-8+/t14-,18-,19-/m0/s1. The quantitative estimate of drug-likeness (QED) is 0.773. The Morgan fingerprint density at radius 1 is 0.950 bits per heavy atom. The summed E-state index contributed by atoms with van der Waals surface area (Å²) >= 11 is 0. The Morgan fingerprint density at radius 2 is 1.65 bits per heavy atom. The number of benzene rings is 2. The largest absolute Gasteiger partial charge is 0.497 e. The summed E-state index contributed by atoms with van der Waals surface area (Å²) in [6, 6.07) is 19.0. The van der Waals surface area contributed by atoms with E-state index < -0.39 is 0 Å². The first kappa shape index (κ1) is 13.0. The average molecular weight is 264 g/mol. The van der Waals surface area contributed by atoms with Crippen LogP contribution in [0.1, 0.15) is 24.0 Å². The van der Waals surface area contributed by atoms with Crippen molar-refractivity contribution in [3.8, 4) is 5.75 Å². The predicted octanol–water partition coefficient (Wildman–Crippen LogP) is 4.76. The van der Waals surface area contributed by atoms with Crippen molar-refractivity contribution in [2.75, 3.05) is 7.11 Å². The van der Waals surface area contributed by atoms with Crippen LogP contribution in [0, 0.1) is 11.8 Å². The van der Waals surface area contributed by atoms with Gasteiger partial charge in [0.1, 0.15) is 5.75 Å². The van der Waals surface area contributed by atoms with Crippen LogP contribution in [-0.2, 0) is 0 Å². The number of rotatable bonds is 4. The van der Waals surface area contributed by atoms with Crippen LogP contribution >= 0.6 is 0 Å². The summed E-state index contributed by atoms with van der Waals surface area (Å²) < 4.78 is 5.21. The summed E-state index contributed by atoms with van der Waals surface area (Å²) in [4.78, 5) is 0. The monoisotopic (exact) mass is 264 g/mol. The molecule has 0 amide bonds. The van der Waals surface area contributed by atoms with E-state index in [1.165, 1.54) is 11.1 Å². The Balaban J connectivity index is 1.69. The molecule has 0 aliphatic heterocycles. The van der Waals surface area contributed by atoms with Crippen molar-refractivity contribution >= 4 is 6.08 Å². The van der Waals surface area contributed by atoms with E-state index in [1.807, 2.05) is 0 Å². The van der Waals surface area contributed by atoms with Crippen molar-refractivity contribution in [1.82, 2.24) is 0 Å². The van der Waals surface area contributed by atoms with Gasteiger partial charge in [0.25, 0.3) is 0 Å². The molecule has 0 radical (unpaired) electrons. The van der Waals surface area contributed by atoms with E-state index >= 15 is 0 Å². The van der Waals surface area contributed by atoms with E-state index in [-0.39, 0.29) is 0 Å². The first-order valence-electron chi connectivity index (χ1n) is 7.17. The van der Waals surface area contributed by atoms with Gasteiger partial charge in [-0.05, 0) is 41.0 Å². The van der Waals surface area contributed by atoms with Gasteiger partial charge in [-0.15, -0.1) is 0 Å². The van der Waals surface area contributed by atoms with Crippen LogP contribution in [0.4, 0.5) is 0 Å². The molecule has 0 heterocycles. The van der Waals surface area contributed by atoms with Crippen molar-refractivity contribution in [1.29, 1.82) is 0 Å². The number of methoxy groups -OCH3 is 1. The highest BCUT2D eigenvalue weighted by Crippen LogP contribution is 2.54. The average Bonchev–Trinajstić information content (AvgIpc) is 3.16. The van der Waals surface area contributed by atoms with E-state index in [1.54, 1.807) is 7.11 Å². The summed E-state index contributed by atoms with van der Waals surface area (Å²) in [7, 11) is 1.71. The van der Waals surface area contributed by atoms with Gasteiger partial charge in [-0.3, -0.25) is 0 Å². The van der Waals surface area contributed by atoms with Crippen LogP contribution in [0.3, 0.4) is 0 Å². The maximum atomic E-state index is 5.21. The van der Waals surface area contributed by atoms with E-state index in [2.05, 4.69) is 73.7 Å². The van der Waals surface area contributed by atoms with Gasteiger partial charge in [0.15, 0.2) is 0 Å². The fraction of sp³-hybridized carbons (Fsp3) is 0.263. The van der Waals surface area contributed by atoms with Gasteiger partial charge in [-0.25, -0.2) is 0 Å². The van der Waals surface area contributed by atoms with Gasteiger partial charge in [0.2, 0.25) is 0 Å². The second-order valence-electron chi connectivity index (χ2n) is 5.51. The topological polar surface area (TPSA) is 9.23 Å². The van der Waals surface area contributed by atoms with Crippen LogP contribution in [0.15, 0.2) is 60.7 Å². The van der Waals surface area contributed by atoms with Crippen molar-refractivity contribution in [2.24, 2.45) is 11.8 Å². The highest BCUT2D eigenvalue weighted by molar-refractivity contribution is 5.51. The molecule has 2 aromatic rings. The van der Waals surface area contributed by atoms with Crippen LogP contribution in [0.2, 0.25) is 0 Å². The maximum Gasteiger partial charge on any atom is 0.118 e. The molecule has 2 aromatic carbocycles. The normalized spacial score (nSPS) is 24.8. The third kappa shape index (κ3) is 2.62. The van der Waals surface area contributed by atoms with Gasteiger partial charge >= 0.3 is 0 Å². The Kier molecular flexibility index (Phi) is 3.60. The molecule has 0 N–H and O–H groups in total. The molecule has 0 aromatic heterocycles. The minimum absolute atomic E-state index is 0.654.